The van der Waals surface area contributed by atoms with E-state index in [-0.39, 0.29) is 34.1 Å². The second-order valence-corrected chi connectivity index (χ2v) is 13.8. The van der Waals surface area contributed by atoms with Gasteiger partial charge in [0.25, 0.3) is 5.56 Å². The standard InChI is InChI=1S/C16H14ClF3N2O4.C7H12ClN5.C5H12NO4P/c1-8(2)26-14(24)10-6-9(4-5-11(10)17)22-13(23)7-12(16(18,19)20)21(3)15(22)25;1-3-9-6-11-5(8)12-7(13-6)10-4-2;1-11(9,10)3-2-4(6)5(7)8/h4-8H,1-3H3;3-4H2,1-2H3,(H2,9,10,11,12,13);4H,2-3,6H2,1H3,(H,7,8)(H,9,10). The predicted molar refractivity (Wildman–Crippen MR) is 182 cm³/mol. The third kappa shape index (κ3) is 14.4. The highest BCUT2D eigenvalue weighted by atomic mass is 35.5. The quantitative estimate of drug-likeness (QED) is 0.138. The summed E-state index contributed by atoms with van der Waals surface area (Å²) in [7, 11) is -2.21. The van der Waals surface area contributed by atoms with Gasteiger partial charge in [-0.25, -0.2) is 14.2 Å². The van der Waals surface area contributed by atoms with Gasteiger partial charge in [-0.15, -0.1) is 0 Å². The van der Waals surface area contributed by atoms with Gasteiger partial charge in [-0.1, -0.05) is 11.6 Å². The number of anilines is 2. The molecular formula is C28H38Cl2F3N8O8P. The molecule has 2 atom stereocenters. The zero-order valence-corrected chi connectivity index (χ0v) is 30.2. The van der Waals surface area contributed by atoms with E-state index in [9.17, 15) is 36.9 Å². The molecule has 50 heavy (non-hydrogen) atoms. The molecule has 0 amide bonds. The predicted octanol–water partition coefficient (Wildman–Crippen LogP) is 3.85. The molecule has 2 aromatic heterocycles. The minimum absolute atomic E-state index is 0.0104. The molecule has 16 nitrogen and oxygen atoms in total. The van der Waals surface area contributed by atoms with Gasteiger partial charge in [0, 0.05) is 39.0 Å². The Kier molecular flexibility index (Phi) is 17.1. The molecule has 0 spiro atoms. The minimum Gasteiger partial charge on any atom is -0.480 e. The molecule has 6 N–H and O–H groups in total. The van der Waals surface area contributed by atoms with Crippen LogP contribution in [0, 0.1) is 0 Å². The van der Waals surface area contributed by atoms with Crippen molar-refractivity contribution in [2.45, 2.75) is 52.4 Å². The maximum Gasteiger partial charge on any atom is 0.431 e. The molecule has 0 bridgehead atoms. The number of carboxylic acids is 1. The summed E-state index contributed by atoms with van der Waals surface area (Å²) in [5, 5.41) is 14.4. The average Bonchev–Trinajstić information content (AvgIpc) is 2.98. The molecule has 0 aliphatic carbocycles. The fraction of sp³-hybridized carbons (Fsp3) is 0.464. The van der Waals surface area contributed by atoms with Crippen molar-refractivity contribution in [3.63, 3.8) is 0 Å². The number of ether oxygens (including phenoxy) is 1. The van der Waals surface area contributed by atoms with E-state index in [2.05, 4.69) is 25.6 Å². The fourth-order valence-corrected chi connectivity index (χ4v) is 4.66. The normalized spacial score (nSPS) is 12.8. The number of esters is 1. The number of nitrogens with one attached hydrogen (secondary N) is 2. The molecule has 0 aliphatic heterocycles. The van der Waals surface area contributed by atoms with Crippen LogP contribution >= 0.6 is 30.6 Å². The lowest BCUT2D eigenvalue weighted by Crippen LogP contribution is -2.40. The molecule has 3 aromatic rings. The largest absolute Gasteiger partial charge is 0.480 e. The lowest BCUT2D eigenvalue weighted by molar-refractivity contribution is -0.144. The second-order valence-electron chi connectivity index (χ2n) is 10.5. The number of carbonyl (C=O) groups is 2. The van der Waals surface area contributed by atoms with Gasteiger partial charge in [-0.05, 0) is 63.9 Å². The van der Waals surface area contributed by atoms with E-state index in [0.29, 0.717) is 27.1 Å². The Labute approximate surface area is 294 Å². The summed E-state index contributed by atoms with van der Waals surface area (Å²) in [5.74, 6) is -0.931. The van der Waals surface area contributed by atoms with Crippen LogP contribution in [0.15, 0.2) is 33.9 Å². The molecule has 0 saturated heterocycles. The van der Waals surface area contributed by atoms with Crippen molar-refractivity contribution in [3.8, 4) is 5.69 Å². The van der Waals surface area contributed by atoms with Crippen molar-refractivity contribution in [1.29, 1.82) is 0 Å². The molecule has 0 fully saturated rings. The summed E-state index contributed by atoms with van der Waals surface area (Å²) in [5.41, 5.74) is 1.09. The van der Waals surface area contributed by atoms with Crippen LogP contribution < -0.4 is 27.6 Å². The summed E-state index contributed by atoms with van der Waals surface area (Å²) in [6.45, 7) is 9.85. The van der Waals surface area contributed by atoms with Crippen molar-refractivity contribution in [3.05, 3.63) is 66.7 Å². The first-order valence-corrected chi connectivity index (χ1v) is 17.6. The highest BCUT2D eigenvalue weighted by Crippen LogP contribution is 2.35. The Morgan fingerprint density at radius 2 is 1.60 bits per heavy atom. The van der Waals surface area contributed by atoms with Crippen LogP contribution in [0.5, 0.6) is 0 Å². The van der Waals surface area contributed by atoms with Gasteiger partial charge in [0.15, 0.2) is 7.37 Å². The molecule has 22 heteroatoms. The second kappa shape index (κ2) is 19.4. The maximum atomic E-state index is 12.9. The molecule has 2 heterocycles. The van der Waals surface area contributed by atoms with Gasteiger partial charge >= 0.3 is 23.8 Å². The number of carboxylic acid groups (broad SMARTS) is 1. The van der Waals surface area contributed by atoms with E-state index in [1.807, 2.05) is 13.8 Å². The summed E-state index contributed by atoms with van der Waals surface area (Å²) >= 11 is 11.6. The number of hydrogen-bond acceptors (Lipinski definition) is 12. The van der Waals surface area contributed by atoms with Crippen LogP contribution in [0.2, 0.25) is 10.3 Å². The fourth-order valence-electron chi connectivity index (χ4n) is 3.55. The van der Waals surface area contributed by atoms with Crippen LogP contribution in [0.4, 0.5) is 25.1 Å². The van der Waals surface area contributed by atoms with Crippen molar-refractivity contribution in [2.24, 2.45) is 12.8 Å². The zero-order valence-electron chi connectivity index (χ0n) is 27.8. The lowest BCUT2D eigenvalue weighted by atomic mass is 10.2. The number of carbonyl (C=O) groups excluding carboxylic acids is 1. The highest BCUT2D eigenvalue weighted by molar-refractivity contribution is 7.57. The van der Waals surface area contributed by atoms with Gasteiger partial charge in [0.05, 0.1) is 22.4 Å². The van der Waals surface area contributed by atoms with Crippen LogP contribution in [-0.4, -0.2) is 84.1 Å². The number of nitrogens with zero attached hydrogens (tertiary/aromatic N) is 5. The van der Waals surface area contributed by atoms with Gasteiger partial charge < -0.3 is 31.1 Å². The average molecular weight is 774 g/mol. The van der Waals surface area contributed by atoms with E-state index >= 15 is 0 Å². The number of benzene rings is 1. The first-order valence-electron chi connectivity index (χ1n) is 14.6. The molecule has 1 aromatic carbocycles. The van der Waals surface area contributed by atoms with Gasteiger partial charge in [-0.3, -0.25) is 18.7 Å². The van der Waals surface area contributed by atoms with Gasteiger partial charge in [-0.2, -0.15) is 28.1 Å². The van der Waals surface area contributed by atoms with Crippen LogP contribution in [0.3, 0.4) is 0 Å². The van der Waals surface area contributed by atoms with E-state index in [0.717, 1.165) is 26.2 Å². The Balaban J connectivity index is 0.000000433. The van der Waals surface area contributed by atoms with Gasteiger partial charge in [0.2, 0.25) is 17.2 Å². The summed E-state index contributed by atoms with van der Waals surface area (Å²) in [4.78, 5) is 67.2. The van der Waals surface area contributed by atoms with E-state index in [1.54, 1.807) is 13.8 Å². The number of alkyl halides is 3. The molecule has 2 unspecified atom stereocenters. The third-order valence-corrected chi connectivity index (χ3v) is 7.42. The molecular weight excluding hydrogens is 735 g/mol. The molecule has 0 saturated carbocycles. The minimum atomic E-state index is -4.86. The number of halogens is 5. The van der Waals surface area contributed by atoms with E-state index < -0.39 is 54.6 Å². The van der Waals surface area contributed by atoms with E-state index in [1.165, 1.54) is 18.8 Å². The maximum absolute atomic E-state index is 12.9. The van der Waals surface area contributed by atoms with Gasteiger partial charge in [0.1, 0.15) is 11.7 Å². The Morgan fingerprint density at radius 1 is 1.06 bits per heavy atom. The van der Waals surface area contributed by atoms with Crippen molar-refractivity contribution in [1.82, 2.24) is 24.1 Å². The first-order chi connectivity index (χ1) is 23.0. The number of nitrogens with two attached hydrogens (primary N) is 1. The Hall–Kier alpha value is -4.03. The van der Waals surface area contributed by atoms with Crippen LogP contribution in [0.25, 0.3) is 5.69 Å². The zero-order chi connectivity index (χ0) is 38.6. The lowest BCUT2D eigenvalue weighted by Gasteiger charge is -2.15. The summed E-state index contributed by atoms with van der Waals surface area (Å²) in [6.07, 6.45) is -5.30. The summed E-state index contributed by atoms with van der Waals surface area (Å²) in [6, 6.07) is 2.88. The molecule has 3 rings (SSSR count). The first kappa shape index (κ1) is 44.0. The summed E-state index contributed by atoms with van der Waals surface area (Å²) < 4.78 is 55.2. The Bertz CT molecular complexity index is 1780. The molecule has 0 aliphatic rings. The van der Waals surface area contributed by atoms with Crippen LogP contribution in [0.1, 0.15) is 50.2 Å². The number of aromatic nitrogens is 5. The number of hydrogen-bond donors (Lipinski definition) is 5. The van der Waals surface area contributed by atoms with E-state index in [4.69, 9.17) is 43.7 Å². The SMILES string of the molecule is CC(C)OC(=O)c1cc(-n2c(=O)cc(C(F)(F)F)n(C)c2=O)ccc1Cl.CCNc1nc(Cl)nc(NCC)n1.CP(=O)(O)CCC(N)C(=O)O. The highest BCUT2D eigenvalue weighted by Gasteiger charge is 2.35. The van der Waals surface area contributed by atoms with Crippen molar-refractivity contribution >= 4 is 54.4 Å². The van der Waals surface area contributed by atoms with Crippen LogP contribution in [-0.2, 0) is 27.3 Å². The van der Waals surface area contributed by atoms with Crippen molar-refractivity contribution < 1.29 is 42.1 Å². The molecule has 0 radical (unpaired) electrons. The molecule has 278 valence electrons. The smallest absolute Gasteiger partial charge is 0.431 e. The number of rotatable bonds is 11. The Morgan fingerprint density at radius 3 is 2.04 bits per heavy atom. The number of aliphatic carboxylic acids is 1. The van der Waals surface area contributed by atoms with Crippen molar-refractivity contribution in [2.75, 3.05) is 36.5 Å². The monoisotopic (exact) mass is 772 g/mol. The third-order valence-electron chi connectivity index (χ3n) is 5.83. The topological polar surface area (TPSA) is 234 Å².